The fourth-order valence-electron chi connectivity index (χ4n) is 2.15. The quantitative estimate of drug-likeness (QED) is 0.754. The molecule has 1 aliphatic rings. The molecule has 0 N–H and O–H groups in total. The monoisotopic (exact) mass is 217 g/mol. The van der Waals surface area contributed by atoms with Crippen LogP contribution in [0.4, 0.5) is 0 Å². The Morgan fingerprint density at radius 1 is 1.50 bits per heavy atom. The van der Waals surface area contributed by atoms with Gasteiger partial charge in [-0.25, -0.2) is 0 Å². The van der Waals surface area contributed by atoms with Gasteiger partial charge in [-0.3, -0.25) is 4.79 Å². The zero-order valence-electron chi connectivity index (χ0n) is 9.39. The number of amides is 1. The molecule has 1 aromatic heterocycles. The van der Waals surface area contributed by atoms with Crippen molar-refractivity contribution in [1.29, 1.82) is 5.26 Å². The van der Waals surface area contributed by atoms with Gasteiger partial charge < -0.3 is 9.47 Å². The second-order valence-electron chi connectivity index (χ2n) is 4.12. The van der Waals surface area contributed by atoms with Crippen LogP contribution in [-0.2, 0) is 4.79 Å². The largest absolute Gasteiger partial charge is 0.341 e. The van der Waals surface area contributed by atoms with Gasteiger partial charge in [-0.05, 0) is 31.9 Å². The molecule has 4 heteroatoms. The fourth-order valence-corrected chi connectivity index (χ4v) is 2.15. The van der Waals surface area contributed by atoms with E-state index in [1.807, 2.05) is 11.8 Å². The number of likely N-dealkylation sites (tertiary alicyclic amines) is 1. The van der Waals surface area contributed by atoms with Crippen LogP contribution in [0.15, 0.2) is 18.3 Å². The van der Waals surface area contributed by atoms with Gasteiger partial charge >= 0.3 is 0 Å². The molecule has 0 spiro atoms. The third kappa shape index (κ3) is 1.81. The number of rotatable bonds is 2. The molecular formula is C12H15N3O. The van der Waals surface area contributed by atoms with E-state index in [4.69, 9.17) is 5.26 Å². The molecule has 0 radical (unpaired) electrons. The Hall–Kier alpha value is -1.76. The molecule has 4 nitrogen and oxygen atoms in total. The normalized spacial score (nSPS) is 17.1. The minimum Gasteiger partial charge on any atom is -0.341 e. The van der Waals surface area contributed by atoms with Crippen LogP contribution in [0, 0.1) is 11.3 Å². The van der Waals surface area contributed by atoms with Gasteiger partial charge in [0.05, 0.1) is 0 Å². The molecule has 0 bridgehead atoms. The van der Waals surface area contributed by atoms with Crippen molar-refractivity contribution in [3.8, 4) is 6.07 Å². The first-order chi connectivity index (χ1) is 7.74. The van der Waals surface area contributed by atoms with E-state index in [9.17, 15) is 4.79 Å². The maximum absolute atomic E-state index is 12.1. The first kappa shape index (κ1) is 10.7. The Labute approximate surface area is 95.1 Å². The molecule has 1 saturated heterocycles. The number of nitriles is 1. The summed E-state index contributed by atoms with van der Waals surface area (Å²) in [7, 11) is 0. The van der Waals surface area contributed by atoms with E-state index in [1.54, 1.807) is 22.9 Å². The van der Waals surface area contributed by atoms with Crippen molar-refractivity contribution in [2.24, 2.45) is 0 Å². The number of hydrogen-bond donors (Lipinski definition) is 0. The highest BCUT2D eigenvalue weighted by atomic mass is 16.2. The van der Waals surface area contributed by atoms with E-state index >= 15 is 0 Å². The van der Waals surface area contributed by atoms with Crippen molar-refractivity contribution < 1.29 is 4.79 Å². The molecular weight excluding hydrogens is 202 g/mol. The number of carbonyl (C=O) groups excluding carboxylic acids is 1. The SMILES string of the molecule is CC(C(=O)N1CCCC1)n1cccc1C#N. The molecule has 1 atom stereocenters. The minimum absolute atomic E-state index is 0.116. The average Bonchev–Trinajstić information content (AvgIpc) is 2.97. The molecule has 0 aliphatic carbocycles. The zero-order chi connectivity index (χ0) is 11.5. The summed E-state index contributed by atoms with van der Waals surface area (Å²) < 4.78 is 1.74. The van der Waals surface area contributed by atoms with E-state index in [-0.39, 0.29) is 11.9 Å². The first-order valence-electron chi connectivity index (χ1n) is 5.60. The third-order valence-electron chi connectivity index (χ3n) is 3.09. The summed E-state index contributed by atoms with van der Waals surface area (Å²) >= 11 is 0. The lowest BCUT2D eigenvalue weighted by molar-refractivity contribution is -0.133. The topological polar surface area (TPSA) is 49.0 Å². The van der Waals surface area contributed by atoms with Crippen molar-refractivity contribution in [1.82, 2.24) is 9.47 Å². The zero-order valence-corrected chi connectivity index (χ0v) is 9.39. The van der Waals surface area contributed by atoms with Crippen LogP contribution >= 0.6 is 0 Å². The van der Waals surface area contributed by atoms with Crippen molar-refractivity contribution in [3.05, 3.63) is 24.0 Å². The molecule has 1 aliphatic heterocycles. The maximum atomic E-state index is 12.1. The van der Waals surface area contributed by atoms with E-state index in [1.165, 1.54) is 0 Å². The molecule has 1 unspecified atom stereocenters. The first-order valence-corrected chi connectivity index (χ1v) is 5.60. The summed E-state index contributed by atoms with van der Waals surface area (Å²) in [5, 5.41) is 8.91. The van der Waals surface area contributed by atoms with Crippen molar-refractivity contribution in [3.63, 3.8) is 0 Å². The predicted molar refractivity (Wildman–Crippen MR) is 59.7 cm³/mol. The van der Waals surface area contributed by atoms with E-state index < -0.39 is 0 Å². The van der Waals surface area contributed by atoms with Gasteiger partial charge in [0.25, 0.3) is 0 Å². The van der Waals surface area contributed by atoms with Gasteiger partial charge in [-0.1, -0.05) is 0 Å². The lowest BCUT2D eigenvalue weighted by atomic mass is 10.2. The Bertz CT molecular complexity index is 424. The lowest BCUT2D eigenvalue weighted by Gasteiger charge is -2.21. The summed E-state index contributed by atoms with van der Waals surface area (Å²) in [5.41, 5.74) is 0.542. The van der Waals surface area contributed by atoms with E-state index in [0.717, 1.165) is 25.9 Å². The summed E-state index contributed by atoms with van der Waals surface area (Å²) in [6.45, 7) is 3.56. The second-order valence-corrected chi connectivity index (χ2v) is 4.12. The second kappa shape index (κ2) is 4.40. The summed E-state index contributed by atoms with van der Waals surface area (Å²) in [6, 6.07) is 5.35. The molecule has 2 rings (SSSR count). The molecule has 2 heterocycles. The smallest absolute Gasteiger partial charge is 0.245 e. The van der Waals surface area contributed by atoms with Gasteiger partial charge in [-0.2, -0.15) is 5.26 Å². The Balaban J connectivity index is 2.15. The van der Waals surface area contributed by atoms with Crippen LogP contribution < -0.4 is 0 Å². The van der Waals surface area contributed by atoms with Crippen molar-refractivity contribution in [2.75, 3.05) is 13.1 Å². The summed E-state index contributed by atoms with van der Waals surface area (Å²) in [6.07, 6.45) is 3.97. The molecule has 1 amide bonds. The summed E-state index contributed by atoms with van der Waals surface area (Å²) in [5.74, 6) is 0.116. The van der Waals surface area contributed by atoms with Crippen molar-refractivity contribution in [2.45, 2.75) is 25.8 Å². The number of nitrogens with zero attached hydrogens (tertiary/aromatic N) is 3. The molecule has 0 aromatic carbocycles. The van der Waals surface area contributed by atoms with Crippen LogP contribution in [0.1, 0.15) is 31.5 Å². The van der Waals surface area contributed by atoms with Crippen LogP contribution in [0.25, 0.3) is 0 Å². The molecule has 16 heavy (non-hydrogen) atoms. The van der Waals surface area contributed by atoms with Crippen LogP contribution in [-0.4, -0.2) is 28.5 Å². The van der Waals surface area contributed by atoms with Gasteiger partial charge in [0.2, 0.25) is 5.91 Å². The number of hydrogen-bond acceptors (Lipinski definition) is 2. The van der Waals surface area contributed by atoms with Crippen LogP contribution in [0.2, 0.25) is 0 Å². The highest BCUT2D eigenvalue weighted by Gasteiger charge is 2.24. The Kier molecular flexibility index (Phi) is 2.95. The van der Waals surface area contributed by atoms with E-state index in [0.29, 0.717) is 5.69 Å². The minimum atomic E-state index is -0.275. The van der Waals surface area contributed by atoms with Crippen molar-refractivity contribution >= 4 is 5.91 Å². The van der Waals surface area contributed by atoms with Crippen LogP contribution in [0.5, 0.6) is 0 Å². The Morgan fingerprint density at radius 3 is 2.81 bits per heavy atom. The highest BCUT2D eigenvalue weighted by molar-refractivity contribution is 5.80. The molecule has 1 fully saturated rings. The lowest BCUT2D eigenvalue weighted by Crippen LogP contribution is -2.34. The predicted octanol–water partition coefficient (Wildman–Crippen LogP) is 1.54. The van der Waals surface area contributed by atoms with Crippen LogP contribution in [0.3, 0.4) is 0 Å². The average molecular weight is 217 g/mol. The van der Waals surface area contributed by atoms with Gasteiger partial charge in [0.15, 0.2) is 0 Å². The highest BCUT2D eigenvalue weighted by Crippen LogP contribution is 2.17. The van der Waals surface area contributed by atoms with Gasteiger partial charge in [0, 0.05) is 19.3 Å². The number of carbonyl (C=O) groups is 1. The number of aromatic nitrogens is 1. The standard InChI is InChI=1S/C12H15N3O/c1-10(12(16)14-6-2-3-7-14)15-8-4-5-11(15)9-13/h4-5,8,10H,2-3,6-7H2,1H3. The molecule has 84 valence electrons. The third-order valence-corrected chi connectivity index (χ3v) is 3.09. The van der Waals surface area contributed by atoms with Gasteiger partial charge in [0.1, 0.15) is 17.8 Å². The maximum Gasteiger partial charge on any atom is 0.245 e. The fraction of sp³-hybridized carbons (Fsp3) is 0.500. The summed E-state index contributed by atoms with van der Waals surface area (Å²) in [4.78, 5) is 14.0. The van der Waals surface area contributed by atoms with E-state index in [2.05, 4.69) is 6.07 Å². The molecule has 1 aromatic rings. The molecule has 0 saturated carbocycles. The Morgan fingerprint density at radius 2 is 2.19 bits per heavy atom. The van der Waals surface area contributed by atoms with Gasteiger partial charge in [-0.15, -0.1) is 0 Å².